The molecule has 1 aliphatic heterocycles. The first-order valence-corrected chi connectivity index (χ1v) is 9.77. The zero-order valence-corrected chi connectivity index (χ0v) is 15.8. The maximum Gasteiger partial charge on any atom is 0.137 e. The number of quaternary nitrogens is 1. The van der Waals surface area contributed by atoms with Crippen LogP contribution in [0.25, 0.3) is 0 Å². The summed E-state index contributed by atoms with van der Waals surface area (Å²) < 4.78 is 7.43. The van der Waals surface area contributed by atoms with E-state index in [9.17, 15) is 0 Å². The molecule has 0 bridgehead atoms. The average molecular weight is 339 g/mol. The lowest BCUT2D eigenvalue weighted by Crippen LogP contribution is -2.50. The van der Waals surface area contributed by atoms with Crippen molar-refractivity contribution in [1.29, 1.82) is 0 Å². The van der Waals surface area contributed by atoms with Crippen LogP contribution in [0.15, 0.2) is 48.5 Å². The highest BCUT2D eigenvalue weighted by Crippen LogP contribution is 2.25. The summed E-state index contributed by atoms with van der Waals surface area (Å²) in [5.74, 6) is 1.08. The third kappa shape index (κ3) is 4.85. The van der Waals surface area contributed by atoms with Crippen LogP contribution in [0.2, 0.25) is 0 Å². The quantitative estimate of drug-likeness (QED) is 0.652. The number of nitrogens with zero attached hydrogens (tertiary/aromatic N) is 1. The zero-order chi connectivity index (χ0) is 17.5. The Kier molecular flexibility index (Phi) is 6.14. The molecule has 0 radical (unpaired) electrons. The third-order valence-electron chi connectivity index (χ3n) is 5.60. The van der Waals surface area contributed by atoms with Gasteiger partial charge in [0, 0.05) is 5.56 Å². The number of hydrogen-bond donors (Lipinski definition) is 0. The molecule has 0 amide bonds. The molecule has 0 aliphatic carbocycles. The summed E-state index contributed by atoms with van der Waals surface area (Å²) in [6.07, 6.45) is 5.45. The Labute approximate surface area is 153 Å². The molecule has 0 unspecified atom stereocenters. The van der Waals surface area contributed by atoms with Crippen LogP contribution >= 0.6 is 0 Å². The lowest BCUT2D eigenvalue weighted by atomic mass is 10.1. The van der Waals surface area contributed by atoms with Gasteiger partial charge in [-0.15, -0.1) is 0 Å². The Balaban J connectivity index is 1.69. The van der Waals surface area contributed by atoms with E-state index >= 15 is 0 Å². The summed E-state index contributed by atoms with van der Waals surface area (Å²) in [6, 6.07) is 17.4. The van der Waals surface area contributed by atoms with Gasteiger partial charge in [-0.25, -0.2) is 0 Å². The SMILES string of the molecule is Cc1cccc(C)c1OCC[N+]1(Cc2ccccc2)CCCCCC1. The lowest BCUT2D eigenvalue weighted by Gasteiger charge is -2.38. The van der Waals surface area contributed by atoms with Crippen LogP contribution in [0.1, 0.15) is 42.4 Å². The van der Waals surface area contributed by atoms with Gasteiger partial charge in [-0.3, -0.25) is 0 Å². The van der Waals surface area contributed by atoms with Crippen LogP contribution in [-0.2, 0) is 6.54 Å². The summed E-state index contributed by atoms with van der Waals surface area (Å²) in [4.78, 5) is 0. The molecule has 2 heteroatoms. The topological polar surface area (TPSA) is 9.23 Å². The Morgan fingerprint density at radius 3 is 2.08 bits per heavy atom. The molecule has 1 fully saturated rings. The van der Waals surface area contributed by atoms with Crippen LogP contribution < -0.4 is 4.74 Å². The Hall–Kier alpha value is -1.80. The predicted molar refractivity (Wildman–Crippen MR) is 105 cm³/mol. The van der Waals surface area contributed by atoms with E-state index in [0.717, 1.165) is 25.4 Å². The van der Waals surface area contributed by atoms with Gasteiger partial charge in [-0.2, -0.15) is 0 Å². The van der Waals surface area contributed by atoms with Crippen LogP contribution in [0.5, 0.6) is 5.75 Å². The lowest BCUT2D eigenvalue weighted by molar-refractivity contribution is -0.940. The molecule has 2 aromatic rings. The molecular formula is C23H32NO+. The Morgan fingerprint density at radius 2 is 1.44 bits per heavy atom. The summed E-state index contributed by atoms with van der Waals surface area (Å²) in [5, 5.41) is 0. The number of benzene rings is 2. The van der Waals surface area contributed by atoms with Crippen molar-refractivity contribution in [3.8, 4) is 5.75 Å². The van der Waals surface area contributed by atoms with E-state index in [-0.39, 0.29) is 0 Å². The van der Waals surface area contributed by atoms with Gasteiger partial charge >= 0.3 is 0 Å². The second kappa shape index (κ2) is 8.53. The molecular weight excluding hydrogens is 306 g/mol. The van der Waals surface area contributed by atoms with Gasteiger partial charge in [0.05, 0.1) is 13.1 Å². The highest BCUT2D eigenvalue weighted by atomic mass is 16.5. The smallest absolute Gasteiger partial charge is 0.137 e. The van der Waals surface area contributed by atoms with Crippen molar-refractivity contribution in [1.82, 2.24) is 0 Å². The Bertz CT molecular complexity index is 637. The van der Waals surface area contributed by atoms with Crippen LogP contribution in [0.4, 0.5) is 0 Å². The third-order valence-corrected chi connectivity index (χ3v) is 5.60. The standard InChI is InChI=1S/C23H32NO/c1-20-11-10-12-21(2)23(20)25-18-17-24(15-8-3-4-9-16-24)19-22-13-6-5-7-14-22/h5-7,10-14H,3-4,8-9,15-19H2,1-2H3/q+1. The fourth-order valence-electron chi connectivity index (χ4n) is 4.16. The van der Waals surface area contributed by atoms with E-state index in [1.807, 2.05) is 0 Å². The summed E-state index contributed by atoms with van der Waals surface area (Å²) in [5.41, 5.74) is 3.94. The highest BCUT2D eigenvalue weighted by Gasteiger charge is 2.29. The number of ether oxygens (including phenoxy) is 1. The second-order valence-corrected chi connectivity index (χ2v) is 7.64. The van der Waals surface area contributed by atoms with Crippen molar-refractivity contribution in [2.24, 2.45) is 0 Å². The van der Waals surface area contributed by atoms with E-state index < -0.39 is 0 Å². The number of para-hydroxylation sites is 1. The minimum atomic E-state index is 0.804. The molecule has 0 aromatic heterocycles. The van der Waals surface area contributed by atoms with Gasteiger partial charge in [0.1, 0.15) is 25.4 Å². The molecule has 1 aliphatic rings. The van der Waals surface area contributed by atoms with Crippen molar-refractivity contribution in [3.05, 3.63) is 65.2 Å². The molecule has 0 spiro atoms. The molecule has 0 N–H and O–H groups in total. The number of likely N-dealkylation sites (tertiary alicyclic amines) is 1. The first kappa shape index (κ1) is 18.0. The first-order chi connectivity index (χ1) is 12.2. The fraction of sp³-hybridized carbons (Fsp3) is 0.478. The van der Waals surface area contributed by atoms with E-state index in [1.54, 1.807) is 0 Å². The second-order valence-electron chi connectivity index (χ2n) is 7.64. The molecule has 1 saturated heterocycles. The van der Waals surface area contributed by atoms with E-state index in [2.05, 4.69) is 62.4 Å². The number of rotatable bonds is 6. The van der Waals surface area contributed by atoms with Crippen molar-refractivity contribution in [2.75, 3.05) is 26.2 Å². The van der Waals surface area contributed by atoms with Gasteiger partial charge in [0.25, 0.3) is 0 Å². The fourth-order valence-corrected chi connectivity index (χ4v) is 4.16. The molecule has 134 valence electrons. The maximum atomic E-state index is 6.26. The van der Waals surface area contributed by atoms with Gasteiger partial charge in [-0.05, 0) is 50.7 Å². The minimum absolute atomic E-state index is 0.804. The van der Waals surface area contributed by atoms with Crippen molar-refractivity contribution >= 4 is 0 Å². The average Bonchev–Trinajstić information content (AvgIpc) is 2.84. The molecule has 2 aromatic carbocycles. The molecule has 0 saturated carbocycles. The molecule has 1 heterocycles. The monoisotopic (exact) mass is 338 g/mol. The van der Waals surface area contributed by atoms with E-state index in [0.29, 0.717) is 0 Å². The van der Waals surface area contributed by atoms with E-state index in [1.165, 1.54) is 59.9 Å². The number of aryl methyl sites for hydroxylation is 2. The maximum absolute atomic E-state index is 6.26. The normalized spacial score (nSPS) is 17.0. The van der Waals surface area contributed by atoms with Gasteiger partial charge in [0.2, 0.25) is 0 Å². The van der Waals surface area contributed by atoms with Crippen LogP contribution in [0, 0.1) is 13.8 Å². The van der Waals surface area contributed by atoms with Crippen molar-refractivity contribution in [3.63, 3.8) is 0 Å². The summed E-state index contributed by atoms with van der Waals surface area (Å²) in [6.45, 7) is 9.89. The molecule has 2 nitrogen and oxygen atoms in total. The van der Waals surface area contributed by atoms with Crippen LogP contribution in [0.3, 0.4) is 0 Å². The Morgan fingerprint density at radius 1 is 0.800 bits per heavy atom. The van der Waals surface area contributed by atoms with Gasteiger partial charge in [-0.1, -0.05) is 48.5 Å². The largest absolute Gasteiger partial charge is 0.487 e. The minimum Gasteiger partial charge on any atom is -0.487 e. The van der Waals surface area contributed by atoms with Crippen molar-refractivity contribution in [2.45, 2.75) is 46.1 Å². The zero-order valence-electron chi connectivity index (χ0n) is 15.8. The summed E-state index contributed by atoms with van der Waals surface area (Å²) in [7, 11) is 0. The van der Waals surface area contributed by atoms with Crippen LogP contribution in [-0.4, -0.2) is 30.7 Å². The molecule has 25 heavy (non-hydrogen) atoms. The van der Waals surface area contributed by atoms with Gasteiger partial charge in [0.15, 0.2) is 0 Å². The van der Waals surface area contributed by atoms with Crippen molar-refractivity contribution < 1.29 is 9.22 Å². The highest BCUT2D eigenvalue weighted by molar-refractivity contribution is 5.39. The molecule has 0 atom stereocenters. The predicted octanol–water partition coefficient (Wildman–Crippen LogP) is 5.27. The summed E-state index contributed by atoms with van der Waals surface area (Å²) >= 11 is 0. The molecule has 3 rings (SSSR count). The number of hydrogen-bond acceptors (Lipinski definition) is 1. The first-order valence-electron chi connectivity index (χ1n) is 9.77. The van der Waals surface area contributed by atoms with E-state index in [4.69, 9.17) is 4.74 Å². The van der Waals surface area contributed by atoms with Gasteiger partial charge < -0.3 is 9.22 Å².